The minimum Gasteiger partial charge on any atom is -0.378 e. The van der Waals surface area contributed by atoms with Gasteiger partial charge in [0.1, 0.15) is 0 Å². The van der Waals surface area contributed by atoms with Crippen molar-refractivity contribution in [3.63, 3.8) is 0 Å². The van der Waals surface area contributed by atoms with E-state index in [1.54, 1.807) is 0 Å². The molecule has 18 heavy (non-hydrogen) atoms. The summed E-state index contributed by atoms with van der Waals surface area (Å²) in [7, 11) is 0. The number of benzene rings is 1. The minimum atomic E-state index is 0.194. The van der Waals surface area contributed by atoms with Crippen LogP contribution in [0.25, 0.3) is 0 Å². The molecule has 0 aliphatic carbocycles. The molecule has 0 bridgehead atoms. The summed E-state index contributed by atoms with van der Waals surface area (Å²) < 4.78 is 5.78. The number of hydrogen-bond donors (Lipinski definition) is 2. The molecule has 2 unspecified atom stereocenters. The Bertz CT molecular complexity index is 344. The Morgan fingerprint density at radius 2 is 2.11 bits per heavy atom. The fraction of sp³-hybridized carbons (Fsp3) is 0.600. The molecule has 3 nitrogen and oxygen atoms in total. The highest BCUT2D eigenvalue weighted by Gasteiger charge is 2.19. The molecule has 2 atom stereocenters. The molecule has 1 fully saturated rings. The van der Waals surface area contributed by atoms with Crippen molar-refractivity contribution in [2.24, 2.45) is 5.84 Å². The zero-order valence-electron chi connectivity index (χ0n) is 11.2. The van der Waals surface area contributed by atoms with E-state index in [0.717, 1.165) is 25.9 Å². The number of hydrazine groups is 1. The van der Waals surface area contributed by atoms with Crippen LogP contribution >= 0.6 is 0 Å². The van der Waals surface area contributed by atoms with Gasteiger partial charge in [-0.25, -0.2) is 0 Å². The summed E-state index contributed by atoms with van der Waals surface area (Å²) in [4.78, 5) is 0. The summed E-state index contributed by atoms with van der Waals surface area (Å²) in [6, 6.07) is 8.90. The lowest BCUT2D eigenvalue weighted by atomic mass is 9.96. The highest BCUT2D eigenvalue weighted by Crippen LogP contribution is 2.24. The summed E-state index contributed by atoms with van der Waals surface area (Å²) >= 11 is 0. The van der Waals surface area contributed by atoms with Crippen LogP contribution in [0.15, 0.2) is 24.3 Å². The molecule has 1 aromatic rings. The summed E-state index contributed by atoms with van der Waals surface area (Å²) in [5.74, 6) is 5.69. The Balaban J connectivity index is 1.97. The molecule has 0 saturated carbocycles. The average Bonchev–Trinajstić information content (AvgIpc) is 2.46. The minimum absolute atomic E-state index is 0.194. The smallest absolute Gasteiger partial charge is 0.0593 e. The maximum atomic E-state index is 5.78. The van der Waals surface area contributed by atoms with Crippen LogP contribution in [-0.2, 0) is 11.2 Å². The predicted molar refractivity (Wildman–Crippen MR) is 74.1 cm³/mol. The van der Waals surface area contributed by atoms with Crippen LogP contribution in [0, 0.1) is 0 Å². The Morgan fingerprint density at radius 3 is 2.67 bits per heavy atom. The molecule has 0 radical (unpaired) electrons. The largest absolute Gasteiger partial charge is 0.378 e. The lowest BCUT2D eigenvalue weighted by molar-refractivity contribution is 0.00502. The standard InChI is InChI=1S/C15H24N2O/c1-2-12-6-8-13(9-7-12)15(17-16)11-14-5-3-4-10-18-14/h6-9,14-15,17H,2-5,10-11,16H2,1H3. The second-order valence-electron chi connectivity index (χ2n) is 5.04. The Labute approximate surface area is 110 Å². The van der Waals surface area contributed by atoms with E-state index in [2.05, 4.69) is 36.6 Å². The number of nitrogens with one attached hydrogen (secondary N) is 1. The van der Waals surface area contributed by atoms with Crippen molar-refractivity contribution < 1.29 is 4.74 Å². The van der Waals surface area contributed by atoms with Crippen molar-refractivity contribution >= 4 is 0 Å². The molecule has 0 aromatic heterocycles. The second-order valence-corrected chi connectivity index (χ2v) is 5.04. The van der Waals surface area contributed by atoms with E-state index in [9.17, 15) is 0 Å². The molecule has 3 N–H and O–H groups in total. The molecule has 1 aliphatic rings. The van der Waals surface area contributed by atoms with Crippen molar-refractivity contribution in [2.75, 3.05) is 6.61 Å². The van der Waals surface area contributed by atoms with Gasteiger partial charge in [-0.15, -0.1) is 0 Å². The van der Waals surface area contributed by atoms with Gasteiger partial charge in [-0.1, -0.05) is 31.2 Å². The van der Waals surface area contributed by atoms with E-state index in [0.29, 0.717) is 6.10 Å². The van der Waals surface area contributed by atoms with E-state index in [4.69, 9.17) is 10.6 Å². The fourth-order valence-electron chi connectivity index (χ4n) is 2.54. The fourth-order valence-corrected chi connectivity index (χ4v) is 2.54. The summed E-state index contributed by atoms with van der Waals surface area (Å²) in [5.41, 5.74) is 5.54. The second kappa shape index (κ2) is 6.88. The number of aryl methyl sites for hydroxylation is 1. The molecular formula is C15H24N2O. The van der Waals surface area contributed by atoms with Gasteiger partial charge in [-0.3, -0.25) is 11.3 Å². The summed E-state index contributed by atoms with van der Waals surface area (Å²) in [6.45, 7) is 3.07. The van der Waals surface area contributed by atoms with E-state index in [1.807, 2.05) is 0 Å². The monoisotopic (exact) mass is 248 g/mol. The van der Waals surface area contributed by atoms with Gasteiger partial charge in [-0.05, 0) is 43.2 Å². The van der Waals surface area contributed by atoms with Crippen molar-refractivity contribution in [3.05, 3.63) is 35.4 Å². The maximum absolute atomic E-state index is 5.78. The van der Waals surface area contributed by atoms with Gasteiger partial charge in [0.05, 0.1) is 6.10 Å². The van der Waals surface area contributed by atoms with Crippen molar-refractivity contribution in [2.45, 2.75) is 51.2 Å². The first-order valence-corrected chi connectivity index (χ1v) is 7.00. The highest BCUT2D eigenvalue weighted by atomic mass is 16.5. The van der Waals surface area contributed by atoms with E-state index < -0.39 is 0 Å². The third kappa shape index (κ3) is 3.55. The van der Waals surface area contributed by atoms with Gasteiger partial charge in [0.25, 0.3) is 0 Å². The highest BCUT2D eigenvalue weighted by molar-refractivity contribution is 5.25. The topological polar surface area (TPSA) is 47.3 Å². The van der Waals surface area contributed by atoms with Gasteiger partial charge >= 0.3 is 0 Å². The van der Waals surface area contributed by atoms with Crippen LogP contribution in [0.3, 0.4) is 0 Å². The number of rotatable bonds is 5. The van der Waals surface area contributed by atoms with Gasteiger partial charge in [0.2, 0.25) is 0 Å². The molecular weight excluding hydrogens is 224 g/mol. The SMILES string of the molecule is CCc1ccc(C(CC2CCCCO2)NN)cc1. The molecule has 100 valence electrons. The van der Waals surface area contributed by atoms with E-state index >= 15 is 0 Å². The van der Waals surface area contributed by atoms with Crippen LogP contribution in [0.4, 0.5) is 0 Å². The summed E-state index contributed by atoms with van der Waals surface area (Å²) in [6.07, 6.45) is 6.02. The van der Waals surface area contributed by atoms with Crippen molar-refractivity contribution in [1.82, 2.24) is 5.43 Å². The lowest BCUT2D eigenvalue weighted by Crippen LogP contribution is -2.32. The van der Waals surface area contributed by atoms with Gasteiger partial charge in [0, 0.05) is 12.6 Å². The molecule has 2 rings (SSSR count). The Hall–Kier alpha value is -0.900. The van der Waals surface area contributed by atoms with Crippen LogP contribution in [0.2, 0.25) is 0 Å². The third-order valence-corrected chi connectivity index (χ3v) is 3.76. The molecule has 1 saturated heterocycles. The van der Waals surface area contributed by atoms with Crippen LogP contribution in [-0.4, -0.2) is 12.7 Å². The zero-order chi connectivity index (χ0) is 12.8. The molecule has 0 amide bonds. The van der Waals surface area contributed by atoms with Gasteiger partial charge in [-0.2, -0.15) is 0 Å². The first kappa shape index (κ1) is 13.5. The van der Waals surface area contributed by atoms with E-state index in [-0.39, 0.29) is 6.04 Å². The Kier molecular flexibility index (Phi) is 5.17. The Morgan fingerprint density at radius 1 is 1.33 bits per heavy atom. The third-order valence-electron chi connectivity index (χ3n) is 3.76. The first-order chi connectivity index (χ1) is 8.83. The predicted octanol–water partition coefficient (Wildman–Crippen LogP) is 2.71. The van der Waals surface area contributed by atoms with Crippen LogP contribution in [0.1, 0.15) is 49.8 Å². The van der Waals surface area contributed by atoms with Crippen LogP contribution < -0.4 is 11.3 Å². The first-order valence-electron chi connectivity index (χ1n) is 7.00. The number of ether oxygens (including phenoxy) is 1. The van der Waals surface area contributed by atoms with Gasteiger partial charge in [0.15, 0.2) is 0 Å². The molecule has 1 aliphatic heterocycles. The lowest BCUT2D eigenvalue weighted by Gasteiger charge is -2.27. The number of hydrogen-bond acceptors (Lipinski definition) is 3. The number of nitrogens with two attached hydrogens (primary N) is 1. The van der Waals surface area contributed by atoms with Crippen LogP contribution in [0.5, 0.6) is 0 Å². The summed E-state index contributed by atoms with van der Waals surface area (Å²) in [5, 5.41) is 0. The normalized spacial score (nSPS) is 21.8. The molecule has 1 aromatic carbocycles. The van der Waals surface area contributed by atoms with Crippen molar-refractivity contribution in [1.29, 1.82) is 0 Å². The van der Waals surface area contributed by atoms with Crippen molar-refractivity contribution in [3.8, 4) is 0 Å². The van der Waals surface area contributed by atoms with E-state index in [1.165, 1.54) is 24.0 Å². The molecule has 0 spiro atoms. The zero-order valence-corrected chi connectivity index (χ0v) is 11.2. The maximum Gasteiger partial charge on any atom is 0.0593 e. The van der Waals surface area contributed by atoms with Gasteiger partial charge < -0.3 is 4.74 Å². The average molecular weight is 248 g/mol. The molecule has 1 heterocycles. The molecule has 3 heteroatoms. The quantitative estimate of drug-likeness (QED) is 0.622.